The monoisotopic (exact) mass is 408 g/mol. The summed E-state index contributed by atoms with van der Waals surface area (Å²) in [6, 6.07) is 9.16. The van der Waals surface area contributed by atoms with Gasteiger partial charge >= 0.3 is 0 Å². The predicted octanol–water partition coefficient (Wildman–Crippen LogP) is 3.80. The maximum Gasteiger partial charge on any atom is 0.289 e. The quantitative estimate of drug-likeness (QED) is 0.654. The topological polar surface area (TPSA) is 71.7 Å². The average Bonchev–Trinajstić information content (AvgIpc) is 3.49. The summed E-state index contributed by atoms with van der Waals surface area (Å²) in [5.41, 5.74) is 1.65. The van der Waals surface area contributed by atoms with Gasteiger partial charge in [-0.1, -0.05) is 0 Å². The molecule has 5 rings (SSSR count). The van der Waals surface area contributed by atoms with Crippen LogP contribution in [0.5, 0.6) is 11.6 Å². The van der Waals surface area contributed by atoms with E-state index in [1.54, 1.807) is 29.2 Å². The molecule has 2 aromatic heterocycles. The number of carbonyl (C=O) groups is 1. The standard InChI is InChI=1S/C22H21FN4O3/c23-15-5-7-16(8-6-15)30-20-17-14-27(21(28)19-4-3-13-29-19)12-9-18(17)24-22(25-20)26-10-1-2-11-26/h3-8,13H,1-2,9-12,14H2. The van der Waals surface area contributed by atoms with Crippen molar-refractivity contribution in [3.05, 3.63) is 65.5 Å². The maximum atomic E-state index is 13.3. The predicted molar refractivity (Wildman–Crippen MR) is 107 cm³/mol. The number of ether oxygens (including phenoxy) is 1. The molecular weight excluding hydrogens is 387 g/mol. The van der Waals surface area contributed by atoms with Crippen LogP contribution in [0.4, 0.5) is 10.3 Å². The van der Waals surface area contributed by atoms with Crippen LogP contribution in [0.1, 0.15) is 34.7 Å². The molecule has 0 N–H and O–H groups in total. The van der Waals surface area contributed by atoms with Crippen LogP contribution in [-0.2, 0) is 13.0 Å². The summed E-state index contributed by atoms with van der Waals surface area (Å²) in [4.78, 5) is 26.1. The van der Waals surface area contributed by atoms with E-state index in [0.29, 0.717) is 42.8 Å². The third kappa shape index (κ3) is 3.60. The number of benzene rings is 1. The first-order valence-electron chi connectivity index (χ1n) is 10.1. The van der Waals surface area contributed by atoms with Crippen LogP contribution in [0.25, 0.3) is 0 Å². The number of anilines is 1. The van der Waals surface area contributed by atoms with Crippen LogP contribution >= 0.6 is 0 Å². The third-order valence-corrected chi connectivity index (χ3v) is 5.45. The molecule has 1 amide bonds. The maximum absolute atomic E-state index is 13.3. The fourth-order valence-corrected chi connectivity index (χ4v) is 3.86. The number of fused-ring (bicyclic) bond motifs is 1. The molecule has 1 aromatic carbocycles. The van der Waals surface area contributed by atoms with Gasteiger partial charge in [0.05, 0.1) is 24.1 Å². The van der Waals surface area contributed by atoms with Gasteiger partial charge < -0.3 is 19.0 Å². The highest BCUT2D eigenvalue weighted by molar-refractivity contribution is 5.91. The smallest absolute Gasteiger partial charge is 0.289 e. The molecule has 0 radical (unpaired) electrons. The Bertz CT molecular complexity index is 1050. The molecule has 4 heterocycles. The molecule has 0 atom stereocenters. The number of rotatable bonds is 4. The zero-order valence-corrected chi connectivity index (χ0v) is 16.4. The number of halogens is 1. The number of carbonyl (C=O) groups excluding carboxylic acids is 1. The fraction of sp³-hybridized carbons (Fsp3) is 0.318. The van der Waals surface area contributed by atoms with E-state index in [9.17, 15) is 9.18 Å². The van der Waals surface area contributed by atoms with E-state index < -0.39 is 0 Å². The van der Waals surface area contributed by atoms with Crippen molar-refractivity contribution in [2.45, 2.75) is 25.8 Å². The minimum atomic E-state index is -0.333. The van der Waals surface area contributed by atoms with E-state index in [1.165, 1.54) is 18.4 Å². The van der Waals surface area contributed by atoms with E-state index in [2.05, 4.69) is 9.88 Å². The fourth-order valence-electron chi connectivity index (χ4n) is 3.86. The summed E-state index contributed by atoms with van der Waals surface area (Å²) in [7, 11) is 0. The summed E-state index contributed by atoms with van der Waals surface area (Å²) in [6.07, 6.45) is 4.31. The molecule has 0 aliphatic carbocycles. The summed E-state index contributed by atoms with van der Waals surface area (Å²) in [5, 5.41) is 0. The second-order valence-corrected chi connectivity index (χ2v) is 7.46. The van der Waals surface area contributed by atoms with E-state index in [1.807, 2.05) is 0 Å². The SMILES string of the molecule is O=C(c1ccco1)N1CCc2nc(N3CCCC3)nc(Oc3ccc(F)cc3)c2C1. The van der Waals surface area contributed by atoms with Crippen LogP contribution in [0, 0.1) is 5.82 Å². The van der Waals surface area contributed by atoms with Crippen molar-refractivity contribution in [2.75, 3.05) is 24.5 Å². The first-order valence-corrected chi connectivity index (χ1v) is 10.1. The molecule has 2 aliphatic heterocycles. The van der Waals surface area contributed by atoms with Crippen LogP contribution in [-0.4, -0.2) is 40.4 Å². The van der Waals surface area contributed by atoms with Crippen LogP contribution in [0.2, 0.25) is 0 Å². The van der Waals surface area contributed by atoms with E-state index in [4.69, 9.17) is 14.1 Å². The first-order chi connectivity index (χ1) is 14.7. The van der Waals surface area contributed by atoms with E-state index in [-0.39, 0.29) is 11.7 Å². The Balaban J connectivity index is 1.49. The molecule has 8 heteroatoms. The Morgan fingerprint density at radius 3 is 2.60 bits per heavy atom. The van der Waals surface area contributed by atoms with Gasteiger partial charge in [0.2, 0.25) is 11.8 Å². The van der Waals surface area contributed by atoms with Gasteiger partial charge in [-0.3, -0.25) is 4.79 Å². The van der Waals surface area contributed by atoms with Crippen LogP contribution < -0.4 is 9.64 Å². The number of hydrogen-bond acceptors (Lipinski definition) is 6. The lowest BCUT2D eigenvalue weighted by molar-refractivity contribution is 0.0699. The molecule has 3 aromatic rings. The van der Waals surface area contributed by atoms with Crippen molar-refractivity contribution < 1.29 is 18.3 Å². The molecule has 154 valence electrons. The number of hydrogen-bond donors (Lipinski definition) is 0. The lowest BCUT2D eigenvalue weighted by atomic mass is 10.1. The summed E-state index contributed by atoms with van der Waals surface area (Å²) in [5.74, 6) is 1.33. The van der Waals surface area contributed by atoms with Gasteiger partial charge in [0.1, 0.15) is 11.6 Å². The van der Waals surface area contributed by atoms with Gasteiger partial charge in [-0.05, 0) is 49.2 Å². The van der Waals surface area contributed by atoms with Crippen LogP contribution in [0.3, 0.4) is 0 Å². The van der Waals surface area contributed by atoms with Gasteiger partial charge in [0.25, 0.3) is 5.91 Å². The molecule has 30 heavy (non-hydrogen) atoms. The first kappa shape index (κ1) is 18.6. The van der Waals surface area contributed by atoms with Gasteiger partial charge in [0.15, 0.2) is 5.76 Å². The zero-order valence-electron chi connectivity index (χ0n) is 16.4. The molecule has 2 aliphatic rings. The minimum absolute atomic E-state index is 0.179. The van der Waals surface area contributed by atoms with Gasteiger partial charge in [-0.25, -0.2) is 9.37 Å². The summed E-state index contributed by atoms with van der Waals surface area (Å²) in [6.45, 7) is 2.69. The van der Waals surface area contributed by atoms with Gasteiger partial charge in [0, 0.05) is 26.1 Å². The zero-order chi connectivity index (χ0) is 20.5. The second-order valence-electron chi connectivity index (χ2n) is 7.46. The van der Waals surface area contributed by atoms with Crippen molar-refractivity contribution in [2.24, 2.45) is 0 Å². The Morgan fingerprint density at radius 1 is 1.07 bits per heavy atom. The highest BCUT2D eigenvalue weighted by Crippen LogP contribution is 2.32. The Morgan fingerprint density at radius 2 is 1.87 bits per heavy atom. The Kier molecular flexibility index (Phi) is 4.82. The van der Waals surface area contributed by atoms with Gasteiger partial charge in [-0.15, -0.1) is 0 Å². The molecule has 0 unspecified atom stereocenters. The Hall–Kier alpha value is -3.42. The summed E-state index contributed by atoms with van der Waals surface area (Å²) >= 11 is 0. The number of furan rings is 1. The number of amides is 1. The van der Waals surface area contributed by atoms with Crippen molar-refractivity contribution in [3.8, 4) is 11.6 Å². The third-order valence-electron chi connectivity index (χ3n) is 5.45. The normalized spacial score (nSPS) is 15.9. The van der Waals surface area contributed by atoms with Crippen molar-refractivity contribution in [1.82, 2.24) is 14.9 Å². The Labute approximate surface area is 173 Å². The molecule has 0 bridgehead atoms. The van der Waals surface area contributed by atoms with Crippen LogP contribution in [0.15, 0.2) is 47.1 Å². The average molecular weight is 408 g/mol. The largest absolute Gasteiger partial charge is 0.459 e. The number of aromatic nitrogens is 2. The number of nitrogens with zero attached hydrogens (tertiary/aromatic N) is 4. The molecule has 1 saturated heterocycles. The van der Waals surface area contributed by atoms with Crippen molar-refractivity contribution in [3.63, 3.8) is 0 Å². The highest BCUT2D eigenvalue weighted by Gasteiger charge is 2.29. The van der Waals surface area contributed by atoms with Crippen molar-refractivity contribution in [1.29, 1.82) is 0 Å². The van der Waals surface area contributed by atoms with Gasteiger partial charge in [-0.2, -0.15) is 4.98 Å². The van der Waals surface area contributed by atoms with E-state index in [0.717, 1.165) is 37.2 Å². The van der Waals surface area contributed by atoms with Crippen molar-refractivity contribution >= 4 is 11.9 Å². The lowest BCUT2D eigenvalue weighted by Gasteiger charge is -2.29. The molecule has 1 fully saturated rings. The molecule has 0 spiro atoms. The molecular formula is C22H21FN4O3. The minimum Gasteiger partial charge on any atom is -0.459 e. The molecule has 7 nitrogen and oxygen atoms in total. The molecule has 0 saturated carbocycles. The van der Waals surface area contributed by atoms with E-state index >= 15 is 0 Å². The second kappa shape index (κ2) is 7.78. The lowest BCUT2D eigenvalue weighted by Crippen LogP contribution is -2.37. The summed E-state index contributed by atoms with van der Waals surface area (Å²) < 4.78 is 24.6. The highest BCUT2D eigenvalue weighted by atomic mass is 19.1.